The van der Waals surface area contributed by atoms with Crippen LogP contribution < -0.4 is 4.73 Å². The van der Waals surface area contributed by atoms with E-state index in [0.717, 1.165) is 5.56 Å². The SMILES string of the molecule is [O-][n+]1cc(-c2ccc(Cl)cc2)nnc1CCl. The lowest BCUT2D eigenvalue weighted by Crippen LogP contribution is -2.33. The first kappa shape index (κ1) is 11.1. The van der Waals surface area contributed by atoms with Crippen LogP contribution in [0.25, 0.3) is 11.3 Å². The van der Waals surface area contributed by atoms with Gasteiger partial charge in [-0.2, -0.15) is 0 Å². The van der Waals surface area contributed by atoms with E-state index in [9.17, 15) is 5.21 Å². The molecule has 2 aromatic rings. The third kappa shape index (κ3) is 2.23. The monoisotopic (exact) mass is 255 g/mol. The molecule has 16 heavy (non-hydrogen) atoms. The Morgan fingerprint density at radius 3 is 2.44 bits per heavy atom. The Morgan fingerprint density at radius 2 is 1.88 bits per heavy atom. The molecule has 0 fully saturated rings. The van der Waals surface area contributed by atoms with Gasteiger partial charge in [-0.1, -0.05) is 23.7 Å². The van der Waals surface area contributed by atoms with Crippen LogP contribution in [0, 0.1) is 5.21 Å². The first-order valence-corrected chi connectivity index (χ1v) is 5.39. The number of hydrogen-bond acceptors (Lipinski definition) is 3. The van der Waals surface area contributed by atoms with Gasteiger partial charge in [0.2, 0.25) is 0 Å². The topological polar surface area (TPSA) is 52.7 Å². The van der Waals surface area contributed by atoms with Gasteiger partial charge in [-0.3, -0.25) is 0 Å². The number of nitrogens with zero attached hydrogens (tertiary/aromatic N) is 3. The number of hydrogen-bond donors (Lipinski definition) is 0. The van der Waals surface area contributed by atoms with Gasteiger partial charge in [0.15, 0.2) is 5.69 Å². The lowest BCUT2D eigenvalue weighted by atomic mass is 10.2. The third-order valence-corrected chi connectivity index (χ3v) is 2.52. The second kappa shape index (κ2) is 4.63. The fraction of sp³-hybridized carbons (Fsp3) is 0.100. The summed E-state index contributed by atoms with van der Waals surface area (Å²) in [5.74, 6) is 0.219. The molecule has 1 heterocycles. The smallest absolute Gasteiger partial charge is 0.344 e. The number of rotatable bonds is 2. The second-order valence-electron chi connectivity index (χ2n) is 3.10. The van der Waals surface area contributed by atoms with Crippen molar-refractivity contribution in [2.24, 2.45) is 0 Å². The largest absolute Gasteiger partial charge is 0.711 e. The summed E-state index contributed by atoms with van der Waals surface area (Å²) >= 11 is 11.3. The van der Waals surface area contributed by atoms with Crippen LogP contribution >= 0.6 is 23.2 Å². The highest BCUT2D eigenvalue weighted by Crippen LogP contribution is 2.17. The van der Waals surface area contributed by atoms with E-state index in [4.69, 9.17) is 23.2 Å². The molecule has 1 aromatic heterocycles. The van der Waals surface area contributed by atoms with Crippen molar-refractivity contribution in [1.29, 1.82) is 0 Å². The Balaban J connectivity index is 2.41. The molecule has 0 radical (unpaired) electrons. The van der Waals surface area contributed by atoms with Crippen LogP contribution in [0.5, 0.6) is 0 Å². The minimum Gasteiger partial charge on any atom is -0.711 e. The van der Waals surface area contributed by atoms with Gasteiger partial charge in [-0.25, -0.2) is 4.73 Å². The molecule has 0 saturated carbocycles. The van der Waals surface area contributed by atoms with Crippen molar-refractivity contribution in [1.82, 2.24) is 10.2 Å². The Kier molecular flexibility index (Phi) is 3.22. The molecule has 0 amide bonds. The molecule has 0 aliphatic carbocycles. The molecule has 0 aliphatic rings. The summed E-state index contributed by atoms with van der Waals surface area (Å²) in [7, 11) is 0. The van der Waals surface area contributed by atoms with E-state index in [2.05, 4.69) is 10.2 Å². The summed E-state index contributed by atoms with van der Waals surface area (Å²) in [5, 5.41) is 19.7. The zero-order chi connectivity index (χ0) is 11.5. The molecule has 4 nitrogen and oxygen atoms in total. The van der Waals surface area contributed by atoms with Crippen molar-refractivity contribution in [3.8, 4) is 11.3 Å². The lowest BCUT2D eigenvalue weighted by molar-refractivity contribution is -0.616. The van der Waals surface area contributed by atoms with Crippen molar-refractivity contribution in [2.45, 2.75) is 5.88 Å². The molecule has 0 aliphatic heterocycles. The molecule has 0 bridgehead atoms. The third-order valence-electron chi connectivity index (χ3n) is 2.03. The van der Waals surface area contributed by atoms with E-state index < -0.39 is 0 Å². The predicted octanol–water partition coefficient (Wildman–Crippen LogP) is 2.17. The average molecular weight is 256 g/mol. The molecule has 0 atom stereocenters. The maximum Gasteiger partial charge on any atom is 0.344 e. The van der Waals surface area contributed by atoms with Gasteiger partial charge < -0.3 is 5.21 Å². The van der Waals surface area contributed by atoms with Crippen molar-refractivity contribution in [2.75, 3.05) is 0 Å². The van der Waals surface area contributed by atoms with Crippen LogP contribution in [0.2, 0.25) is 5.02 Å². The second-order valence-corrected chi connectivity index (χ2v) is 3.80. The predicted molar refractivity (Wildman–Crippen MR) is 61.0 cm³/mol. The summed E-state index contributed by atoms with van der Waals surface area (Å²) in [4.78, 5) is 0. The summed E-state index contributed by atoms with van der Waals surface area (Å²) in [6.45, 7) is 0. The minimum absolute atomic E-state index is 0.0391. The maximum absolute atomic E-state index is 11.4. The molecule has 1 aromatic carbocycles. The maximum atomic E-state index is 11.4. The molecule has 0 spiro atoms. The number of halogens is 2. The van der Waals surface area contributed by atoms with Gasteiger partial charge in [0, 0.05) is 10.6 Å². The van der Waals surface area contributed by atoms with E-state index in [0.29, 0.717) is 15.4 Å². The van der Waals surface area contributed by atoms with E-state index in [1.165, 1.54) is 6.20 Å². The van der Waals surface area contributed by atoms with E-state index in [1.54, 1.807) is 24.3 Å². The number of alkyl halides is 1. The van der Waals surface area contributed by atoms with Crippen molar-refractivity contribution < 1.29 is 4.73 Å². The first-order chi connectivity index (χ1) is 7.70. The number of aromatic nitrogens is 3. The molecule has 0 N–H and O–H groups in total. The minimum atomic E-state index is 0.0391. The van der Waals surface area contributed by atoms with Crippen LogP contribution in [-0.4, -0.2) is 10.2 Å². The van der Waals surface area contributed by atoms with Crippen molar-refractivity contribution >= 4 is 23.2 Å². The van der Waals surface area contributed by atoms with E-state index in [1.807, 2.05) is 0 Å². The van der Waals surface area contributed by atoms with Gasteiger partial charge in [0.25, 0.3) is 0 Å². The summed E-state index contributed by atoms with van der Waals surface area (Å²) in [5.41, 5.74) is 1.27. The summed E-state index contributed by atoms with van der Waals surface area (Å²) in [6, 6.07) is 6.99. The van der Waals surface area contributed by atoms with Crippen LogP contribution in [0.1, 0.15) is 5.82 Å². The molecule has 82 valence electrons. The zero-order valence-electron chi connectivity index (χ0n) is 8.10. The summed E-state index contributed by atoms with van der Waals surface area (Å²) in [6.07, 6.45) is 1.34. The van der Waals surface area contributed by atoms with E-state index in [-0.39, 0.29) is 11.7 Å². The fourth-order valence-corrected chi connectivity index (χ4v) is 1.50. The average Bonchev–Trinajstić information content (AvgIpc) is 2.30. The van der Waals surface area contributed by atoms with Crippen LogP contribution in [0.4, 0.5) is 0 Å². The Labute approximate surface area is 102 Å². The Hall–Kier alpha value is -1.39. The Bertz CT molecular complexity index is 502. The van der Waals surface area contributed by atoms with Crippen LogP contribution in [0.3, 0.4) is 0 Å². The molecule has 0 saturated heterocycles. The molecule has 2 rings (SSSR count). The molecule has 0 unspecified atom stereocenters. The first-order valence-electron chi connectivity index (χ1n) is 4.48. The van der Waals surface area contributed by atoms with Crippen molar-refractivity contribution in [3.63, 3.8) is 0 Å². The highest BCUT2D eigenvalue weighted by molar-refractivity contribution is 6.30. The highest BCUT2D eigenvalue weighted by atomic mass is 35.5. The summed E-state index contributed by atoms with van der Waals surface area (Å²) < 4.78 is 0.615. The molecular formula is C10H7Cl2N3O. The van der Waals surface area contributed by atoms with Gasteiger partial charge in [-0.05, 0) is 17.2 Å². The van der Waals surface area contributed by atoms with Gasteiger partial charge in [0.05, 0.1) is 5.10 Å². The lowest BCUT2D eigenvalue weighted by Gasteiger charge is -2.04. The molecule has 6 heteroatoms. The zero-order valence-corrected chi connectivity index (χ0v) is 9.61. The van der Waals surface area contributed by atoms with E-state index >= 15 is 0 Å². The highest BCUT2D eigenvalue weighted by Gasteiger charge is 2.10. The molecular weight excluding hydrogens is 249 g/mol. The van der Waals surface area contributed by atoms with Gasteiger partial charge in [-0.15, -0.1) is 11.6 Å². The van der Waals surface area contributed by atoms with Crippen LogP contribution in [0.15, 0.2) is 30.5 Å². The van der Waals surface area contributed by atoms with Crippen LogP contribution in [-0.2, 0) is 5.88 Å². The fourth-order valence-electron chi connectivity index (χ4n) is 1.21. The van der Waals surface area contributed by atoms with Crippen molar-refractivity contribution in [3.05, 3.63) is 46.5 Å². The van der Waals surface area contributed by atoms with Gasteiger partial charge in [0.1, 0.15) is 12.1 Å². The quantitative estimate of drug-likeness (QED) is 0.470. The normalized spacial score (nSPS) is 10.4. The van der Waals surface area contributed by atoms with Gasteiger partial charge >= 0.3 is 5.82 Å². The Morgan fingerprint density at radius 1 is 1.19 bits per heavy atom. The number of benzene rings is 1. The standard InChI is InChI=1S/C10H7Cl2N3O/c11-5-10-14-13-9(6-15(10)16)7-1-3-8(12)4-2-7/h1-4,6H,5H2.